The Morgan fingerprint density at radius 2 is 1.94 bits per heavy atom. The summed E-state index contributed by atoms with van der Waals surface area (Å²) in [7, 11) is 0. The van der Waals surface area contributed by atoms with Crippen molar-refractivity contribution in [2.24, 2.45) is 11.3 Å². The highest BCUT2D eigenvalue weighted by Crippen LogP contribution is 2.21. The van der Waals surface area contributed by atoms with Gasteiger partial charge in [-0.2, -0.15) is 0 Å². The normalized spacial score (nSPS) is 16.2. The molecule has 3 nitrogen and oxygen atoms in total. The van der Waals surface area contributed by atoms with Gasteiger partial charge < -0.3 is 10.6 Å². The fourth-order valence-electron chi connectivity index (χ4n) is 1.61. The van der Waals surface area contributed by atoms with E-state index < -0.39 is 0 Å². The topological polar surface area (TPSA) is 41.1 Å². The van der Waals surface area contributed by atoms with E-state index in [1.165, 1.54) is 12.8 Å². The average molecular weight is 249 g/mol. The van der Waals surface area contributed by atoms with Crippen molar-refractivity contribution < 1.29 is 4.79 Å². The van der Waals surface area contributed by atoms with Gasteiger partial charge in [-0.3, -0.25) is 4.79 Å². The maximum atomic E-state index is 11.4. The molecular formula is C12H25ClN2O. The Morgan fingerprint density at radius 1 is 1.31 bits per heavy atom. The van der Waals surface area contributed by atoms with Crippen LogP contribution in [0.4, 0.5) is 0 Å². The molecule has 1 heterocycles. The first-order valence-electron chi connectivity index (χ1n) is 5.97. The molecule has 1 fully saturated rings. The first kappa shape index (κ1) is 15.7. The Labute approximate surface area is 105 Å². The predicted molar refractivity (Wildman–Crippen MR) is 69.9 cm³/mol. The van der Waals surface area contributed by atoms with Crippen molar-refractivity contribution in [1.82, 2.24) is 10.6 Å². The number of halogens is 1. The fourth-order valence-corrected chi connectivity index (χ4v) is 1.61. The molecule has 4 heteroatoms. The summed E-state index contributed by atoms with van der Waals surface area (Å²) in [6.07, 6.45) is 3.53. The Morgan fingerprint density at radius 3 is 2.38 bits per heavy atom. The summed E-state index contributed by atoms with van der Waals surface area (Å²) in [6.45, 7) is 9.32. The summed E-state index contributed by atoms with van der Waals surface area (Å²) in [5, 5.41) is 6.09. The van der Waals surface area contributed by atoms with Crippen molar-refractivity contribution >= 4 is 18.3 Å². The van der Waals surface area contributed by atoms with Crippen LogP contribution < -0.4 is 10.6 Å². The van der Waals surface area contributed by atoms with Crippen LogP contribution in [0.5, 0.6) is 0 Å². The van der Waals surface area contributed by atoms with Gasteiger partial charge in [0.1, 0.15) is 0 Å². The summed E-state index contributed by atoms with van der Waals surface area (Å²) in [4.78, 5) is 11.4. The monoisotopic (exact) mass is 248 g/mol. The van der Waals surface area contributed by atoms with E-state index in [4.69, 9.17) is 0 Å². The summed E-state index contributed by atoms with van der Waals surface area (Å²) in [5.74, 6) is 0.456. The molecule has 0 aliphatic carbocycles. The van der Waals surface area contributed by atoms with Crippen LogP contribution in [0.15, 0.2) is 0 Å². The summed E-state index contributed by atoms with van der Waals surface area (Å²) in [6, 6.07) is 0. The van der Waals surface area contributed by atoms with E-state index in [-0.39, 0.29) is 24.2 Å². The average Bonchev–Trinajstić information content (AvgIpc) is 1.97. The molecule has 0 unspecified atom stereocenters. The van der Waals surface area contributed by atoms with E-state index in [0.29, 0.717) is 5.41 Å². The van der Waals surface area contributed by atoms with Crippen LogP contribution in [0.2, 0.25) is 0 Å². The third-order valence-electron chi connectivity index (χ3n) is 2.81. The first-order chi connectivity index (χ1) is 6.99. The van der Waals surface area contributed by atoms with Gasteiger partial charge in [0.15, 0.2) is 0 Å². The lowest BCUT2D eigenvalue weighted by Crippen LogP contribution is -2.50. The van der Waals surface area contributed by atoms with Gasteiger partial charge in [0.05, 0.1) is 5.92 Å². The number of hydrogen-bond acceptors (Lipinski definition) is 2. The SMILES string of the molecule is CC(C)(C)CCCCNC(=O)C1CNC1.Cl. The number of rotatable bonds is 5. The number of carbonyl (C=O) groups excluding carboxylic acids is 1. The molecular weight excluding hydrogens is 224 g/mol. The minimum Gasteiger partial charge on any atom is -0.356 e. The van der Waals surface area contributed by atoms with Crippen LogP contribution in [0.25, 0.3) is 0 Å². The molecule has 16 heavy (non-hydrogen) atoms. The lowest BCUT2D eigenvalue weighted by atomic mass is 9.90. The standard InChI is InChI=1S/C12H24N2O.ClH/c1-12(2,3)6-4-5-7-14-11(15)10-8-13-9-10;/h10,13H,4-9H2,1-3H3,(H,14,15);1H. The van der Waals surface area contributed by atoms with Crippen LogP contribution in [-0.4, -0.2) is 25.5 Å². The molecule has 0 atom stereocenters. The quantitative estimate of drug-likeness (QED) is 0.731. The molecule has 1 aliphatic heterocycles. The van der Waals surface area contributed by atoms with Crippen molar-refractivity contribution in [2.45, 2.75) is 40.0 Å². The van der Waals surface area contributed by atoms with E-state index >= 15 is 0 Å². The molecule has 0 bridgehead atoms. The maximum Gasteiger partial charge on any atom is 0.225 e. The second kappa shape index (κ2) is 7.13. The van der Waals surface area contributed by atoms with Gasteiger partial charge in [0.2, 0.25) is 5.91 Å². The Kier molecular flexibility index (Phi) is 7.00. The van der Waals surface area contributed by atoms with Gasteiger partial charge in [-0.15, -0.1) is 12.4 Å². The fraction of sp³-hybridized carbons (Fsp3) is 0.917. The molecule has 1 rings (SSSR count). The van der Waals surface area contributed by atoms with Crippen molar-refractivity contribution in [1.29, 1.82) is 0 Å². The van der Waals surface area contributed by atoms with Crippen LogP contribution in [0.1, 0.15) is 40.0 Å². The third-order valence-corrected chi connectivity index (χ3v) is 2.81. The summed E-state index contributed by atoms with van der Waals surface area (Å²) >= 11 is 0. The Balaban J connectivity index is 0.00000225. The highest BCUT2D eigenvalue weighted by molar-refractivity contribution is 5.85. The third kappa shape index (κ3) is 6.33. The first-order valence-corrected chi connectivity index (χ1v) is 5.97. The van der Waals surface area contributed by atoms with Crippen molar-refractivity contribution in [3.8, 4) is 0 Å². The molecule has 1 amide bonds. The lowest BCUT2D eigenvalue weighted by Gasteiger charge is -2.25. The smallest absolute Gasteiger partial charge is 0.225 e. The van der Waals surface area contributed by atoms with Crippen LogP contribution >= 0.6 is 12.4 Å². The molecule has 1 aliphatic rings. The van der Waals surface area contributed by atoms with E-state index in [1.54, 1.807) is 0 Å². The molecule has 0 saturated carbocycles. The van der Waals surface area contributed by atoms with Gasteiger partial charge in [-0.25, -0.2) is 0 Å². The molecule has 0 aromatic rings. The Hall–Kier alpha value is -0.280. The maximum absolute atomic E-state index is 11.4. The zero-order chi connectivity index (χ0) is 11.3. The second-order valence-corrected chi connectivity index (χ2v) is 5.66. The van der Waals surface area contributed by atoms with Crippen molar-refractivity contribution in [2.75, 3.05) is 19.6 Å². The molecule has 0 radical (unpaired) electrons. The van der Waals surface area contributed by atoms with E-state index in [1.807, 2.05) is 0 Å². The van der Waals surface area contributed by atoms with Gasteiger partial charge in [-0.1, -0.05) is 27.2 Å². The second-order valence-electron chi connectivity index (χ2n) is 5.66. The number of unbranched alkanes of at least 4 members (excludes halogenated alkanes) is 1. The highest BCUT2D eigenvalue weighted by Gasteiger charge is 2.23. The van der Waals surface area contributed by atoms with Gasteiger partial charge in [0, 0.05) is 19.6 Å². The van der Waals surface area contributed by atoms with Crippen molar-refractivity contribution in [3.05, 3.63) is 0 Å². The van der Waals surface area contributed by atoms with E-state index in [2.05, 4.69) is 31.4 Å². The Bertz CT molecular complexity index is 210. The zero-order valence-electron chi connectivity index (χ0n) is 10.6. The number of nitrogens with one attached hydrogen (secondary N) is 2. The summed E-state index contributed by atoms with van der Waals surface area (Å²) < 4.78 is 0. The van der Waals surface area contributed by atoms with Crippen LogP contribution in [0, 0.1) is 11.3 Å². The van der Waals surface area contributed by atoms with Crippen LogP contribution in [-0.2, 0) is 4.79 Å². The van der Waals surface area contributed by atoms with Crippen molar-refractivity contribution in [3.63, 3.8) is 0 Å². The number of carbonyl (C=O) groups is 1. The minimum absolute atomic E-state index is 0. The number of hydrogen-bond donors (Lipinski definition) is 2. The minimum atomic E-state index is 0. The summed E-state index contributed by atoms with van der Waals surface area (Å²) in [5.41, 5.74) is 0.419. The van der Waals surface area contributed by atoms with Crippen LogP contribution in [0.3, 0.4) is 0 Å². The molecule has 1 saturated heterocycles. The van der Waals surface area contributed by atoms with Gasteiger partial charge >= 0.3 is 0 Å². The van der Waals surface area contributed by atoms with E-state index in [0.717, 1.165) is 26.1 Å². The molecule has 0 aromatic heterocycles. The van der Waals surface area contributed by atoms with Gasteiger partial charge in [0.25, 0.3) is 0 Å². The van der Waals surface area contributed by atoms with Gasteiger partial charge in [-0.05, 0) is 18.3 Å². The molecule has 0 aromatic carbocycles. The van der Waals surface area contributed by atoms with E-state index in [9.17, 15) is 4.79 Å². The molecule has 96 valence electrons. The molecule has 2 N–H and O–H groups in total. The lowest BCUT2D eigenvalue weighted by molar-refractivity contribution is -0.126. The largest absolute Gasteiger partial charge is 0.356 e. The highest BCUT2D eigenvalue weighted by atomic mass is 35.5. The zero-order valence-corrected chi connectivity index (χ0v) is 11.5. The number of amides is 1. The molecule has 0 spiro atoms. The predicted octanol–water partition coefficient (Wildman–Crippen LogP) is 1.96.